The van der Waals surface area contributed by atoms with E-state index >= 15 is 0 Å². The van der Waals surface area contributed by atoms with Gasteiger partial charge in [0.05, 0.1) is 22.0 Å². The Balaban J connectivity index is 2.32. The molecule has 1 nitrogen and oxygen atoms in total. The van der Waals surface area contributed by atoms with Crippen LogP contribution < -0.4 is 0 Å². The van der Waals surface area contributed by atoms with Crippen molar-refractivity contribution >= 4 is 23.2 Å². The molecule has 2 saturated heterocycles. The Morgan fingerprint density at radius 3 is 1.92 bits per heavy atom. The SMILES string of the molecule is CC1(C)OC2(C)C(Cl)CC1C[C@H]2Cl. The topological polar surface area (TPSA) is 9.23 Å². The van der Waals surface area contributed by atoms with Crippen molar-refractivity contribution in [3.05, 3.63) is 0 Å². The lowest BCUT2D eigenvalue weighted by atomic mass is 9.68. The van der Waals surface area contributed by atoms with Crippen molar-refractivity contribution in [3.63, 3.8) is 0 Å². The lowest BCUT2D eigenvalue weighted by Gasteiger charge is -2.58. The van der Waals surface area contributed by atoms with Crippen LogP contribution in [0.3, 0.4) is 0 Å². The fourth-order valence-electron chi connectivity index (χ4n) is 2.61. The second kappa shape index (κ2) is 2.77. The quantitative estimate of drug-likeness (QED) is 0.573. The summed E-state index contributed by atoms with van der Waals surface area (Å²) in [5, 5.41) is 0.142. The van der Waals surface area contributed by atoms with Crippen molar-refractivity contribution in [2.24, 2.45) is 5.92 Å². The molecule has 0 spiro atoms. The van der Waals surface area contributed by atoms with Gasteiger partial charge in [-0.1, -0.05) is 0 Å². The summed E-state index contributed by atoms with van der Waals surface area (Å²) in [6.07, 6.45) is 2.07. The normalized spacial score (nSPS) is 53.8. The highest BCUT2D eigenvalue weighted by atomic mass is 35.5. The zero-order valence-corrected chi connectivity index (χ0v) is 9.82. The van der Waals surface area contributed by atoms with Crippen molar-refractivity contribution < 1.29 is 4.74 Å². The summed E-state index contributed by atoms with van der Waals surface area (Å²) in [5.74, 6) is 0.513. The van der Waals surface area contributed by atoms with Crippen LogP contribution in [0, 0.1) is 5.92 Å². The van der Waals surface area contributed by atoms with Crippen LogP contribution in [-0.4, -0.2) is 22.0 Å². The molecule has 3 rings (SSSR count). The molecular weight excluding hydrogens is 207 g/mol. The number of hydrogen-bond donors (Lipinski definition) is 0. The third-order valence-electron chi connectivity index (χ3n) is 3.69. The standard InChI is InChI=1S/C10H16Cl2O/c1-9(2)6-4-7(11)10(3,13-9)8(12)5-6/h6-8H,4-5H2,1-3H3/t6?,7-,8?,10?/m1/s1. The van der Waals surface area contributed by atoms with Gasteiger partial charge in [-0.2, -0.15) is 0 Å². The van der Waals surface area contributed by atoms with Crippen molar-refractivity contribution in [2.75, 3.05) is 0 Å². The molecule has 0 aromatic rings. The number of alkyl halides is 2. The molecule has 3 heteroatoms. The number of fused-ring (bicyclic) bond motifs is 3. The fourth-order valence-corrected chi connectivity index (χ4v) is 3.49. The summed E-state index contributed by atoms with van der Waals surface area (Å²) >= 11 is 12.5. The maximum absolute atomic E-state index is 6.27. The summed E-state index contributed by atoms with van der Waals surface area (Å²) in [7, 11) is 0. The second-order valence-electron chi connectivity index (χ2n) is 4.99. The molecule has 76 valence electrons. The van der Waals surface area contributed by atoms with E-state index in [1.54, 1.807) is 0 Å². The van der Waals surface area contributed by atoms with Crippen molar-refractivity contribution in [1.29, 1.82) is 0 Å². The smallest absolute Gasteiger partial charge is 0.0987 e. The zero-order valence-electron chi connectivity index (χ0n) is 8.31. The summed E-state index contributed by atoms with van der Waals surface area (Å²) in [4.78, 5) is 0. The monoisotopic (exact) mass is 222 g/mol. The predicted molar refractivity (Wildman–Crippen MR) is 55.6 cm³/mol. The van der Waals surface area contributed by atoms with E-state index in [9.17, 15) is 0 Å². The molecule has 0 aromatic heterocycles. The van der Waals surface area contributed by atoms with Crippen molar-refractivity contribution in [3.8, 4) is 0 Å². The van der Waals surface area contributed by atoms with E-state index in [2.05, 4.69) is 13.8 Å². The number of rotatable bonds is 0. The van der Waals surface area contributed by atoms with Crippen LogP contribution in [0.4, 0.5) is 0 Å². The highest BCUT2D eigenvalue weighted by Crippen LogP contribution is 2.53. The van der Waals surface area contributed by atoms with E-state index in [1.165, 1.54) is 0 Å². The molecule has 3 unspecified atom stereocenters. The molecule has 2 bridgehead atoms. The van der Waals surface area contributed by atoms with E-state index in [-0.39, 0.29) is 22.0 Å². The van der Waals surface area contributed by atoms with Gasteiger partial charge in [0.15, 0.2) is 0 Å². The summed E-state index contributed by atoms with van der Waals surface area (Å²) in [6, 6.07) is 0. The van der Waals surface area contributed by atoms with Crippen LogP contribution in [0.15, 0.2) is 0 Å². The molecular formula is C10H16Cl2O. The van der Waals surface area contributed by atoms with Gasteiger partial charge in [-0.3, -0.25) is 0 Å². The Morgan fingerprint density at radius 2 is 1.54 bits per heavy atom. The highest BCUT2D eigenvalue weighted by molar-refractivity contribution is 6.25. The molecule has 2 heterocycles. The average Bonchev–Trinajstić information content (AvgIpc) is 1.96. The first kappa shape index (κ1) is 10.1. The lowest BCUT2D eigenvalue weighted by Crippen LogP contribution is -2.64. The lowest BCUT2D eigenvalue weighted by molar-refractivity contribution is -0.224. The van der Waals surface area contributed by atoms with Crippen LogP contribution in [0.2, 0.25) is 0 Å². The third-order valence-corrected chi connectivity index (χ3v) is 4.92. The average molecular weight is 223 g/mol. The minimum Gasteiger partial charge on any atom is -0.366 e. The summed E-state index contributed by atoms with van der Waals surface area (Å²) in [6.45, 7) is 6.32. The Morgan fingerprint density at radius 1 is 1.08 bits per heavy atom. The maximum atomic E-state index is 6.27. The Hall–Kier alpha value is 0.540. The van der Waals surface area contributed by atoms with E-state index in [1.807, 2.05) is 6.92 Å². The first-order valence-electron chi connectivity index (χ1n) is 4.84. The van der Waals surface area contributed by atoms with E-state index in [0.717, 1.165) is 12.8 Å². The minimum atomic E-state index is -0.332. The van der Waals surface area contributed by atoms with Gasteiger partial charge in [0, 0.05) is 0 Å². The summed E-state index contributed by atoms with van der Waals surface area (Å²) < 4.78 is 6.02. The van der Waals surface area contributed by atoms with Gasteiger partial charge in [-0.25, -0.2) is 0 Å². The molecule has 3 fully saturated rings. The van der Waals surface area contributed by atoms with Crippen LogP contribution in [-0.2, 0) is 4.74 Å². The zero-order chi connectivity index (χ0) is 9.85. The number of halogens is 2. The van der Waals surface area contributed by atoms with Gasteiger partial charge in [0.25, 0.3) is 0 Å². The Labute approximate surface area is 89.7 Å². The minimum absolute atomic E-state index is 0.0501. The first-order chi connectivity index (χ1) is 5.86. The molecule has 0 aromatic carbocycles. The largest absolute Gasteiger partial charge is 0.366 e. The molecule has 4 atom stereocenters. The van der Waals surface area contributed by atoms with Gasteiger partial charge in [-0.15, -0.1) is 23.2 Å². The number of hydrogen-bond acceptors (Lipinski definition) is 1. The summed E-state index contributed by atoms with van der Waals surface area (Å²) in [5.41, 5.74) is -0.382. The Kier molecular flexibility index (Phi) is 2.15. The third kappa shape index (κ3) is 1.32. The van der Waals surface area contributed by atoms with Gasteiger partial charge >= 0.3 is 0 Å². The van der Waals surface area contributed by atoms with Crippen LogP contribution in [0.5, 0.6) is 0 Å². The molecule has 13 heavy (non-hydrogen) atoms. The van der Waals surface area contributed by atoms with Gasteiger partial charge in [0.1, 0.15) is 0 Å². The molecule has 2 aliphatic heterocycles. The van der Waals surface area contributed by atoms with Crippen LogP contribution >= 0.6 is 23.2 Å². The second-order valence-corrected chi connectivity index (χ2v) is 6.05. The molecule has 0 radical (unpaired) electrons. The van der Waals surface area contributed by atoms with Crippen molar-refractivity contribution in [2.45, 2.75) is 55.6 Å². The molecule has 1 saturated carbocycles. The molecule has 0 N–H and O–H groups in total. The molecule has 1 aliphatic carbocycles. The highest BCUT2D eigenvalue weighted by Gasteiger charge is 2.57. The van der Waals surface area contributed by atoms with Crippen molar-refractivity contribution in [1.82, 2.24) is 0 Å². The van der Waals surface area contributed by atoms with Gasteiger partial charge < -0.3 is 4.74 Å². The van der Waals surface area contributed by atoms with E-state index in [0.29, 0.717) is 5.92 Å². The maximum Gasteiger partial charge on any atom is 0.0987 e. The van der Waals surface area contributed by atoms with Gasteiger partial charge in [0.2, 0.25) is 0 Å². The van der Waals surface area contributed by atoms with E-state index < -0.39 is 0 Å². The number of ether oxygens (including phenoxy) is 1. The first-order valence-corrected chi connectivity index (χ1v) is 5.72. The molecule has 0 amide bonds. The molecule has 3 aliphatic rings. The van der Waals surface area contributed by atoms with Gasteiger partial charge in [-0.05, 0) is 39.5 Å². The fraction of sp³-hybridized carbons (Fsp3) is 1.00. The Bertz CT molecular complexity index is 215. The van der Waals surface area contributed by atoms with Crippen LogP contribution in [0.25, 0.3) is 0 Å². The predicted octanol–water partition coefficient (Wildman–Crippen LogP) is 3.18. The van der Waals surface area contributed by atoms with Crippen LogP contribution in [0.1, 0.15) is 33.6 Å². The van der Waals surface area contributed by atoms with E-state index in [4.69, 9.17) is 27.9 Å².